The third-order valence-corrected chi connectivity index (χ3v) is 3.06. The number of nitrogens with zero attached hydrogens (tertiary/aromatic N) is 2. The van der Waals surface area contributed by atoms with Crippen LogP contribution < -0.4 is 5.32 Å². The van der Waals surface area contributed by atoms with Crippen molar-refractivity contribution in [3.05, 3.63) is 23.9 Å². The summed E-state index contributed by atoms with van der Waals surface area (Å²) in [4.78, 5) is 6.78. The van der Waals surface area contributed by atoms with Crippen molar-refractivity contribution in [2.24, 2.45) is 0 Å². The van der Waals surface area contributed by atoms with Crippen LogP contribution in [0, 0.1) is 0 Å². The Morgan fingerprint density at radius 2 is 2.00 bits per heavy atom. The minimum absolute atomic E-state index is 0.740. The third-order valence-electron chi connectivity index (χ3n) is 3.06. The molecule has 5 nitrogen and oxygen atoms in total. The SMILES string of the molecule is CCNc1ncccc1CN(CCCOC)CCOC. The zero-order valence-electron chi connectivity index (χ0n) is 12.9. The molecule has 1 N–H and O–H groups in total. The lowest BCUT2D eigenvalue weighted by Gasteiger charge is -2.23. The molecule has 1 aromatic rings. The van der Waals surface area contributed by atoms with Crippen molar-refractivity contribution in [1.29, 1.82) is 0 Å². The number of anilines is 1. The number of rotatable bonds is 11. The standard InChI is InChI=1S/C15H27N3O2/c1-4-16-15-14(7-5-8-17-15)13-18(10-12-20-3)9-6-11-19-2/h5,7-8H,4,6,9-13H2,1-3H3,(H,16,17). The van der Waals surface area contributed by atoms with Crippen LogP contribution in [0.25, 0.3) is 0 Å². The Morgan fingerprint density at radius 1 is 1.20 bits per heavy atom. The van der Waals surface area contributed by atoms with E-state index in [4.69, 9.17) is 9.47 Å². The van der Waals surface area contributed by atoms with Gasteiger partial charge in [0.05, 0.1) is 6.61 Å². The van der Waals surface area contributed by atoms with Gasteiger partial charge in [-0.3, -0.25) is 4.90 Å². The highest BCUT2D eigenvalue weighted by atomic mass is 16.5. The first-order valence-electron chi connectivity index (χ1n) is 7.19. The predicted molar refractivity (Wildman–Crippen MR) is 82.0 cm³/mol. The molecule has 1 aromatic heterocycles. The average molecular weight is 281 g/mol. The number of pyridine rings is 1. The van der Waals surface area contributed by atoms with Gasteiger partial charge in [0.25, 0.3) is 0 Å². The maximum atomic E-state index is 5.19. The van der Waals surface area contributed by atoms with Crippen LogP contribution in [0.1, 0.15) is 18.9 Å². The monoisotopic (exact) mass is 281 g/mol. The van der Waals surface area contributed by atoms with Crippen LogP contribution in [0.15, 0.2) is 18.3 Å². The van der Waals surface area contributed by atoms with Gasteiger partial charge >= 0.3 is 0 Å². The maximum absolute atomic E-state index is 5.19. The van der Waals surface area contributed by atoms with Crippen LogP contribution in [0.4, 0.5) is 5.82 Å². The third kappa shape index (κ3) is 6.32. The van der Waals surface area contributed by atoms with Crippen molar-refractivity contribution in [3.63, 3.8) is 0 Å². The second kappa shape index (κ2) is 10.6. The summed E-state index contributed by atoms with van der Waals surface area (Å²) < 4.78 is 10.3. The molecule has 1 heterocycles. The smallest absolute Gasteiger partial charge is 0.130 e. The molecule has 0 aromatic carbocycles. The van der Waals surface area contributed by atoms with Gasteiger partial charge in [-0.15, -0.1) is 0 Å². The Kier molecular flexibility index (Phi) is 8.95. The molecule has 0 saturated heterocycles. The summed E-state index contributed by atoms with van der Waals surface area (Å²) in [7, 11) is 3.48. The summed E-state index contributed by atoms with van der Waals surface area (Å²) >= 11 is 0. The van der Waals surface area contributed by atoms with E-state index >= 15 is 0 Å². The summed E-state index contributed by atoms with van der Waals surface area (Å²) in [5, 5.41) is 3.31. The van der Waals surface area contributed by atoms with E-state index < -0.39 is 0 Å². The maximum Gasteiger partial charge on any atom is 0.130 e. The summed E-state index contributed by atoms with van der Waals surface area (Å²) in [6, 6.07) is 4.11. The second-order valence-corrected chi connectivity index (χ2v) is 4.66. The molecule has 0 radical (unpaired) electrons. The molecule has 114 valence electrons. The molecule has 1 rings (SSSR count). The predicted octanol–water partition coefficient (Wildman–Crippen LogP) is 2.00. The first-order valence-corrected chi connectivity index (χ1v) is 7.19. The first kappa shape index (κ1) is 16.9. The van der Waals surface area contributed by atoms with E-state index in [1.165, 1.54) is 5.56 Å². The van der Waals surface area contributed by atoms with Crippen molar-refractivity contribution in [1.82, 2.24) is 9.88 Å². The van der Waals surface area contributed by atoms with Gasteiger partial charge in [0, 0.05) is 58.8 Å². The number of nitrogens with one attached hydrogen (secondary N) is 1. The largest absolute Gasteiger partial charge is 0.385 e. The van der Waals surface area contributed by atoms with Crippen LogP contribution in [-0.2, 0) is 16.0 Å². The fourth-order valence-electron chi connectivity index (χ4n) is 2.06. The van der Waals surface area contributed by atoms with Crippen LogP contribution in [0.3, 0.4) is 0 Å². The van der Waals surface area contributed by atoms with Gasteiger partial charge in [0.2, 0.25) is 0 Å². The molecular weight excluding hydrogens is 254 g/mol. The summed E-state index contributed by atoms with van der Waals surface area (Å²) in [5.74, 6) is 0.976. The van der Waals surface area contributed by atoms with Crippen molar-refractivity contribution in [2.45, 2.75) is 19.9 Å². The molecule has 20 heavy (non-hydrogen) atoms. The highest BCUT2D eigenvalue weighted by molar-refractivity contribution is 5.43. The van der Waals surface area contributed by atoms with Crippen molar-refractivity contribution >= 4 is 5.82 Å². The van der Waals surface area contributed by atoms with Crippen molar-refractivity contribution in [2.75, 3.05) is 52.4 Å². The normalized spacial score (nSPS) is 11.0. The quantitative estimate of drug-likeness (QED) is 0.629. The average Bonchev–Trinajstić information content (AvgIpc) is 2.47. The molecule has 0 amide bonds. The Balaban J connectivity index is 2.62. The molecule has 0 atom stereocenters. The Morgan fingerprint density at radius 3 is 2.70 bits per heavy atom. The fraction of sp³-hybridized carbons (Fsp3) is 0.667. The molecule has 0 spiro atoms. The number of hydrogen-bond donors (Lipinski definition) is 1. The Hall–Kier alpha value is -1.17. The number of hydrogen-bond acceptors (Lipinski definition) is 5. The Labute approximate surface area is 122 Å². The van der Waals surface area contributed by atoms with Crippen LogP contribution in [0.2, 0.25) is 0 Å². The highest BCUT2D eigenvalue weighted by Crippen LogP contribution is 2.14. The molecule has 0 aliphatic carbocycles. The van der Waals surface area contributed by atoms with Gasteiger partial charge in [0.15, 0.2) is 0 Å². The minimum Gasteiger partial charge on any atom is -0.385 e. The molecule has 0 unspecified atom stereocenters. The number of aromatic nitrogens is 1. The van der Waals surface area contributed by atoms with Gasteiger partial charge < -0.3 is 14.8 Å². The zero-order valence-corrected chi connectivity index (χ0v) is 12.9. The lowest BCUT2D eigenvalue weighted by Crippen LogP contribution is -2.29. The lowest BCUT2D eigenvalue weighted by molar-refractivity contribution is 0.129. The van der Waals surface area contributed by atoms with Gasteiger partial charge in [-0.1, -0.05) is 6.07 Å². The fourth-order valence-corrected chi connectivity index (χ4v) is 2.06. The van der Waals surface area contributed by atoms with E-state index in [9.17, 15) is 0 Å². The van der Waals surface area contributed by atoms with Gasteiger partial charge in [0.1, 0.15) is 5.82 Å². The van der Waals surface area contributed by atoms with Crippen molar-refractivity contribution in [3.8, 4) is 0 Å². The van der Waals surface area contributed by atoms with E-state index in [-0.39, 0.29) is 0 Å². The van der Waals surface area contributed by atoms with E-state index in [1.807, 2.05) is 12.3 Å². The van der Waals surface area contributed by atoms with Crippen LogP contribution in [0.5, 0.6) is 0 Å². The molecule has 0 fully saturated rings. The molecular formula is C15H27N3O2. The minimum atomic E-state index is 0.740. The van der Waals surface area contributed by atoms with Crippen molar-refractivity contribution < 1.29 is 9.47 Å². The van der Waals surface area contributed by atoms with E-state index in [0.29, 0.717) is 0 Å². The summed E-state index contributed by atoms with van der Waals surface area (Å²) in [6.45, 7) is 7.29. The molecule has 5 heteroatoms. The van der Waals surface area contributed by atoms with Crippen LogP contribution >= 0.6 is 0 Å². The van der Waals surface area contributed by atoms with E-state index in [2.05, 4.69) is 28.2 Å². The van der Waals surface area contributed by atoms with Gasteiger partial charge in [-0.2, -0.15) is 0 Å². The number of methoxy groups -OCH3 is 2. The van der Waals surface area contributed by atoms with E-state index in [0.717, 1.165) is 51.6 Å². The lowest BCUT2D eigenvalue weighted by atomic mass is 10.2. The van der Waals surface area contributed by atoms with Gasteiger partial charge in [-0.25, -0.2) is 4.98 Å². The molecule has 0 aliphatic heterocycles. The first-order chi connectivity index (χ1) is 9.81. The Bertz CT molecular complexity index is 361. The molecule has 0 aliphatic rings. The zero-order chi connectivity index (χ0) is 14.6. The highest BCUT2D eigenvalue weighted by Gasteiger charge is 2.09. The molecule has 0 bridgehead atoms. The number of ether oxygens (including phenoxy) is 2. The second-order valence-electron chi connectivity index (χ2n) is 4.66. The molecule has 0 saturated carbocycles. The van der Waals surface area contributed by atoms with Gasteiger partial charge in [-0.05, 0) is 19.4 Å². The summed E-state index contributed by atoms with van der Waals surface area (Å²) in [6.07, 6.45) is 2.85. The topological polar surface area (TPSA) is 46.6 Å². The summed E-state index contributed by atoms with van der Waals surface area (Å²) in [5.41, 5.74) is 1.22. The van der Waals surface area contributed by atoms with E-state index in [1.54, 1.807) is 14.2 Å². The van der Waals surface area contributed by atoms with Crippen LogP contribution in [-0.4, -0.2) is 57.0 Å².